The summed E-state index contributed by atoms with van der Waals surface area (Å²) in [5, 5.41) is 10.2. The molecule has 3 aromatic rings. The van der Waals surface area contributed by atoms with Crippen LogP contribution in [-0.4, -0.2) is 11.1 Å². The summed E-state index contributed by atoms with van der Waals surface area (Å²) in [7, 11) is 0. The van der Waals surface area contributed by atoms with Crippen molar-refractivity contribution in [3.63, 3.8) is 0 Å². The van der Waals surface area contributed by atoms with Gasteiger partial charge in [-0.15, -0.1) is 0 Å². The molecule has 0 bridgehead atoms. The summed E-state index contributed by atoms with van der Waals surface area (Å²) in [6.07, 6.45) is 0.0458. The highest BCUT2D eigenvalue weighted by Gasteiger charge is 2.22. The van der Waals surface area contributed by atoms with E-state index >= 15 is 0 Å². The predicted molar refractivity (Wildman–Crippen MR) is 101 cm³/mol. The number of rotatable bonds is 3. The van der Waals surface area contributed by atoms with Crippen LogP contribution in [0.4, 0.5) is 0 Å². The zero-order chi connectivity index (χ0) is 18.3. The average Bonchev–Trinajstić information content (AvgIpc) is 2.50. The van der Waals surface area contributed by atoms with Crippen LogP contribution >= 0.6 is 0 Å². The zero-order valence-corrected chi connectivity index (χ0v) is 15.4. The minimum absolute atomic E-state index is 0.0458. The van der Waals surface area contributed by atoms with Crippen LogP contribution in [0.2, 0.25) is 0 Å². The molecule has 0 spiro atoms. The van der Waals surface area contributed by atoms with Gasteiger partial charge in [0.1, 0.15) is 0 Å². The lowest BCUT2D eigenvalue weighted by molar-refractivity contribution is -0.136. The highest BCUT2D eigenvalue weighted by Crippen LogP contribution is 2.32. The number of hydrogen-bond acceptors (Lipinski definition) is 1. The summed E-state index contributed by atoms with van der Waals surface area (Å²) in [6, 6.07) is 10.4. The highest BCUT2D eigenvalue weighted by atomic mass is 16.4. The number of carboxylic acids is 1. The summed E-state index contributed by atoms with van der Waals surface area (Å²) >= 11 is 0. The Morgan fingerprint density at radius 3 is 2.12 bits per heavy atom. The molecule has 3 nitrogen and oxygen atoms in total. The van der Waals surface area contributed by atoms with E-state index in [4.69, 9.17) is 9.52 Å². The highest BCUT2D eigenvalue weighted by molar-refractivity contribution is 5.84. The molecule has 25 heavy (non-hydrogen) atoms. The number of carbonyl (C=O) groups is 1. The Morgan fingerprint density at radius 2 is 1.52 bits per heavy atom. The molecule has 0 aliphatic rings. The van der Waals surface area contributed by atoms with Crippen LogP contribution in [-0.2, 0) is 11.2 Å². The average molecular weight is 335 g/mol. The molecule has 1 N–H and O–H groups in total. The van der Waals surface area contributed by atoms with Gasteiger partial charge in [-0.25, -0.2) is 4.42 Å². The molecule has 128 valence electrons. The molecule has 0 atom stereocenters. The van der Waals surface area contributed by atoms with E-state index in [1.807, 2.05) is 32.9 Å². The number of carboxylic acid groups (broad SMARTS) is 1. The van der Waals surface area contributed by atoms with Gasteiger partial charge in [0.05, 0.1) is 22.9 Å². The summed E-state index contributed by atoms with van der Waals surface area (Å²) in [5.74, 6) is 0.0297. The van der Waals surface area contributed by atoms with E-state index in [0.717, 1.165) is 44.5 Å². The Hall–Kier alpha value is -2.68. The van der Waals surface area contributed by atoms with Crippen molar-refractivity contribution in [2.45, 2.75) is 41.0 Å². The fraction of sp³-hybridized carbons (Fsp3) is 0.273. The van der Waals surface area contributed by atoms with Crippen molar-refractivity contribution in [3.05, 3.63) is 63.7 Å². The third-order valence-corrected chi connectivity index (χ3v) is 4.71. The second-order valence-corrected chi connectivity index (χ2v) is 6.91. The van der Waals surface area contributed by atoms with E-state index in [0.29, 0.717) is 0 Å². The maximum atomic E-state index is 11.1. The van der Waals surface area contributed by atoms with Gasteiger partial charge in [0.15, 0.2) is 0 Å². The Bertz CT molecular complexity index is 977. The first-order valence-corrected chi connectivity index (χ1v) is 8.43. The number of hydrogen-bond donors (Lipinski definition) is 1. The fourth-order valence-electron chi connectivity index (χ4n) is 3.52. The van der Waals surface area contributed by atoms with Crippen molar-refractivity contribution in [1.82, 2.24) is 0 Å². The van der Waals surface area contributed by atoms with Gasteiger partial charge in [0, 0.05) is 6.07 Å². The maximum absolute atomic E-state index is 11.1. The van der Waals surface area contributed by atoms with E-state index in [2.05, 4.69) is 32.0 Å². The standard InChI is InChI=1S/C22H22O3/c1-12-6-13(2)19-10-16(5)22(25-20(19)7-12)17-8-14(3)18(11-21(23)24)15(4)9-17/h6-10H,11H2,1-5H3/p+1. The molecular weight excluding hydrogens is 312 g/mol. The molecule has 1 aromatic heterocycles. The Morgan fingerprint density at radius 1 is 0.880 bits per heavy atom. The molecule has 0 amide bonds. The predicted octanol–water partition coefficient (Wildman–Crippen LogP) is 5.55. The lowest BCUT2D eigenvalue weighted by atomic mass is 9.94. The first kappa shape index (κ1) is 17.2. The van der Waals surface area contributed by atoms with Gasteiger partial charge >= 0.3 is 17.3 Å². The van der Waals surface area contributed by atoms with Crippen molar-refractivity contribution >= 4 is 16.9 Å². The van der Waals surface area contributed by atoms with Crippen LogP contribution in [0.5, 0.6) is 0 Å². The van der Waals surface area contributed by atoms with Gasteiger partial charge < -0.3 is 5.11 Å². The van der Waals surface area contributed by atoms with Crippen molar-refractivity contribution in [2.24, 2.45) is 0 Å². The van der Waals surface area contributed by atoms with E-state index in [9.17, 15) is 4.79 Å². The Balaban J connectivity index is 2.19. The lowest BCUT2D eigenvalue weighted by Gasteiger charge is -2.09. The maximum Gasteiger partial charge on any atom is 0.363 e. The summed E-state index contributed by atoms with van der Waals surface area (Å²) in [6.45, 7) is 10.1. The molecule has 3 heteroatoms. The second kappa shape index (κ2) is 6.32. The fourth-order valence-corrected chi connectivity index (χ4v) is 3.52. The van der Waals surface area contributed by atoms with E-state index in [1.54, 1.807) is 0 Å². The van der Waals surface area contributed by atoms with Crippen LogP contribution in [0, 0.1) is 34.6 Å². The van der Waals surface area contributed by atoms with Crippen molar-refractivity contribution in [1.29, 1.82) is 0 Å². The number of benzene rings is 2. The largest absolute Gasteiger partial charge is 0.481 e. The third-order valence-electron chi connectivity index (χ3n) is 4.71. The molecule has 0 saturated carbocycles. The minimum atomic E-state index is -0.809. The van der Waals surface area contributed by atoms with E-state index in [1.165, 1.54) is 11.1 Å². The second-order valence-electron chi connectivity index (χ2n) is 6.91. The van der Waals surface area contributed by atoms with Gasteiger partial charge in [-0.3, -0.25) is 4.79 Å². The summed E-state index contributed by atoms with van der Waals surface area (Å²) < 4.78 is 6.25. The van der Waals surface area contributed by atoms with Gasteiger partial charge in [-0.1, -0.05) is 6.07 Å². The normalized spacial score (nSPS) is 11.1. The number of aliphatic carboxylic acids is 1. The monoisotopic (exact) mass is 335 g/mol. The SMILES string of the molecule is Cc1cc(C)c2cc(C)c(-c3cc(C)c(CC(=O)O)c(C)c3)[o+]c2c1. The number of aryl methyl sites for hydroxylation is 5. The van der Waals surface area contributed by atoms with E-state index in [-0.39, 0.29) is 6.42 Å². The molecule has 3 rings (SSSR count). The summed E-state index contributed by atoms with van der Waals surface area (Å²) in [5.41, 5.74) is 8.15. The molecule has 0 aliphatic heterocycles. The van der Waals surface area contributed by atoms with Gasteiger partial charge in [-0.2, -0.15) is 0 Å². The van der Waals surface area contributed by atoms with Crippen LogP contribution in [0.25, 0.3) is 22.3 Å². The smallest absolute Gasteiger partial charge is 0.363 e. The topological polar surface area (TPSA) is 48.6 Å². The van der Waals surface area contributed by atoms with Gasteiger partial charge in [0.25, 0.3) is 0 Å². The molecule has 0 aliphatic carbocycles. The Labute approximate surface area is 147 Å². The molecule has 0 saturated heterocycles. The minimum Gasteiger partial charge on any atom is -0.481 e. The van der Waals surface area contributed by atoms with E-state index < -0.39 is 5.97 Å². The van der Waals surface area contributed by atoms with Crippen molar-refractivity contribution < 1.29 is 14.3 Å². The third kappa shape index (κ3) is 3.27. The zero-order valence-electron chi connectivity index (χ0n) is 15.4. The first-order valence-electron chi connectivity index (χ1n) is 8.43. The lowest BCUT2D eigenvalue weighted by Crippen LogP contribution is -2.04. The summed E-state index contributed by atoms with van der Waals surface area (Å²) in [4.78, 5) is 11.1. The van der Waals surface area contributed by atoms with Crippen LogP contribution in [0.15, 0.2) is 34.7 Å². The molecular formula is C22H23O3+. The van der Waals surface area contributed by atoms with Crippen LogP contribution < -0.4 is 0 Å². The molecule has 1 heterocycles. The van der Waals surface area contributed by atoms with Gasteiger partial charge in [-0.05, 0) is 80.6 Å². The Kier molecular flexibility index (Phi) is 4.34. The van der Waals surface area contributed by atoms with Crippen LogP contribution in [0.1, 0.15) is 33.4 Å². The van der Waals surface area contributed by atoms with Crippen LogP contribution in [0.3, 0.4) is 0 Å². The molecule has 0 unspecified atom stereocenters. The van der Waals surface area contributed by atoms with Gasteiger partial charge in [0.2, 0.25) is 0 Å². The first-order chi connectivity index (χ1) is 11.8. The number of fused-ring (bicyclic) bond motifs is 1. The van der Waals surface area contributed by atoms with Crippen molar-refractivity contribution in [3.8, 4) is 11.3 Å². The quantitative estimate of drug-likeness (QED) is 0.638. The molecule has 0 fully saturated rings. The molecule has 0 radical (unpaired) electrons. The molecule has 2 aromatic carbocycles. The van der Waals surface area contributed by atoms with Crippen molar-refractivity contribution in [2.75, 3.05) is 0 Å².